The van der Waals surface area contributed by atoms with E-state index in [0.717, 1.165) is 51.0 Å². The van der Waals surface area contributed by atoms with Gasteiger partial charge in [0, 0.05) is 12.1 Å². The average Bonchev–Trinajstić information content (AvgIpc) is 2.32. The molecule has 0 amide bonds. The lowest BCUT2D eigenvalue weighted by atomic mass is 9.88. The van der Waals surface area contributed by atoms with Crippen molar-refractivity contribution in [1.82, 2.24) is 10.0 Å². The van der Waals surface area contributed by atoms with Gasteiger partial charge in [0.2, 0.25) is 10.0 Å². The van der Waals surface area contributed by atoms with Gasteiger partial charge < -0.3 is 5.32 Å². The largest absolute Gasteiger partial charge is 0.313 e. The van der Waals surface area contributed by atoms with Crippen LogP contribution in [0.4, 0.5) is 0 Å². The van der Waals surface area contributed by atoms with Crippen LogP contribution in [0, 0.1) is 5.92 Å². The van der Waals surface area contributed by atoms with Crippen LogP contribution in [0.2, 0.25) is 0 Å². The van der Waals surface area contributed by atoms with Gasteiger partial charge in [0.1, 0.15) is 0 Å². The molecule has 2 fully saturated rings. The van der Waals surface area contributed by atoms with Gasteiger partial charge in [-0.15, -0.1) is 0 Å². The van der Waals surface area contributed by atoms with Crippen molar-refractivity contribution in [3.8, 4) is 0 Å². The van der Waals surface area contributed by atoms with Crippen molar-refractivity contribution < 1.29 is 8.42 Å². The Morgan fingerprint density at radius 1 is 1.11 bits per heavy atom. The summed E-state index contributed by atoms with van der Waals surface area (Å²) in [5.74, 6) is 1.00. The second kappa shape index (κ2) is 6.35. The summed E-state index contributed by atoms with van der Waals surface area (Å²) >= 11 is 0. The van der Waals surface area contributed by atoms with Gasteiger partial charge in [-0.2, -0.15) is 0 Å². The highest BCUT2D eigenvalue weighted by Crippen LogP contribution is 2.24. The SMILES string of the molecule is CC1CCC(NS(=O)(=O)CC2CCCCN2)CC1. The van der Waals surface area contributed by atoms with E-state index in [1.54, 1.807) is 0 Å². The Labute approximate surface area is 111 Å². The summed E-state index contributed by atoms with van der Waals surface area (Å²) in [6.45, 7) is 3.21. The summed E-state index contributed by atoms with van der Waals surface area (Å²) < 4.78 is 27.1. The monoisotopic (exact) mass is 274 g/mol. The zero-order valence-electron chi connectivity index (χ0n) is 11.3. The first-order valence-corrected chi connectivity index (χ1v) is 8.94. The fourth-order valence-corrected chi connectivity index (χ4v) is 4.67. The van der Waals surface area contributed by atoms with E-state index >= 15 is 0 Å². The van der Waals surface area contributed by atoms with Gasteiger partial charge in [-0.25, -0.2) is 13.1 Å². The fourth-order valence-electron chi connectivity index (χ4n) is 3.01. The summed E-state index contributed by atoms with van der Waals surface area (Å²) in [4.78, 5) is 0. The minimum absolute atomic E-state index is 0.152. The molecular formula is C13H26N2O2S. The molecule has 1 saturated heterocycles. The van der Waals surface area contributed by atoms with Crippen LogP contribution < -0.4 is 10.0 Å². The van der Waals surface area contributed by atoms with Gasteiger partial charge in [-0.1, -0.05) is 13.3 Å². The molecule has 0 aromatic carbocycles. The molecular weight excluding hydrogens is 248 g/mol. The molecule has 1 saturated carbocycles. The van der Waals surface area contributed by atoms with Crippen LogP contribution >= 0.6 is 0 Å². The average molecular weight is 274 g/mol. The summed E-state index contributed by atoms with van der Waals surface area (Å²) in [5.41, 5.74) is 0. The van der Waals surface area contributed by atoms with E-state index < -0.39 is 10.0 Å². The molecule has 4 nitrogen and oxygen atoms in total. The molecule has 0 aromatic heterocycles. The van der Waals surface area contributed by atoms with Gasteiger partial charge in [0.15, 0.2) is 0 Å². The van der Waals surface area contributed by atoms with Crippen LogP contribution in [-0.2, 0) is 10.0 Å². The molecule has 1 heterocycles. The normalized spacial score (nSPS) is 34.4. The summed E-state index contributed by atoms with van der Waals surface area (Å²) in [6.07, 6.45) is 7.60. The maximum atomic E-state index is 12.1. The standard InChI is InChI=1S/C13H26N2O2S/c1-11-5-7-12(8-6-11)15-18(16,17)10-13-4-2-3-9-14-13/h11-15H,2-10H2,1H3. The van der Waals surface area contributed by atoms with Crippen LogP contribution in [0.5, 0.6) is 0 Å². The Kier molecular flexibility index (Phi) is 5.04. The predicted molar refractivity (Wildman–Crippen MR) is 74.0 cm³/mol. The predicted octanol–water partition coefficient (Wildman–Crippen LogP) is 1.63. The van der Waals surface area contributed by atoms with Gasteiger partial charge in [-0.3, -0.25) is 0 Å². The Morgan fingerprint density at radius 3 is 2.44 bits per heavy atom. The van der Waals surface area contributed by atoms with E-state index in [1.807, 2.05) is 0 Å². The van der Waals surface area contributed by atoms with Crippen LogP contribution in [0.3, 0.4) is 0 Å². The maximum Gasteiger partial charge on any atom is 0.213 e. The quantitative estimate of drug-likeness (QED) is 0.819. The molecule has 1 atom stereocenters. The molecule has 5 heteroatoms. The minimum atomic E-state index is -3.11. The molecule has 18 heavy (non-hydrogen) atoms. The molecule has 1 aliphatic carbocycles. The first-order chi connectivity index (χ1) is 8.55. The van der Waals surface area contributed by atoms with Crippen LogP contribution in [0.25, 0.3) is 0 Å². The third-order valence-corrected chi connectivity index (χ3v) is 5.73. The van der Waals surface area contributed by atoms with Gasteiger partial charge in [-0.05, 0) is 51.0 Å². The zero-order valence-corrected chi connectivity index (χ0v) is 12.1. The molecule has 1 aliphatic heterocycles. The Balaban J connectivity index is 1.79. The lowest BCUT2D eigenvalue weighted by molar-refractivity contribution is 0.331. The lowest BCUT2D eigenvalue weighted by Crippen LogP contribution is -2.45. The van der Waals surface area contributed by atoms with E-state index in [0.29, 0.717) is 0 Å². The smallest absolute Gasteiger partial charge is 0.213 e. The van der Waals surface area contributed by atoms with Crippen LogP contribution in [0.1, 0.15) is 51.9 Å². The first kappa shape index (κ1) is 14.3. The molecule has 0 spiro atoms. The molecule has 2 aliphatic rings. The lowest BCUT2D eigenvalue weighted by Gasteiger charge is -2.28. The van der Waals surface area contributed by atoms with Crippen molar-refractivity contribution in [1.29, 1.82) is 0 Å². The van der Waals surface area contributed by atoms with E-state index in [2.05, 4.69) is 17.0 Å². The first-order valence-electron chi connectivity index (χ1n) is 7.28. The van der Waals surface area contributed by atoms with Crippen LogP contribution in [0.15, 0.2) is 0 Å². The van der Waals surface area contributed by atoms with Crippen molar-refractivity contribution in [2.75, 3.05) is 12.3 Å². The number of rotatable bonds is 4. The minimum Gasteiger partial charge on any atom is -0.313 e. The Morgan fingerprint density at radius 2 is 1.83 bits per heavy atom. The van der Waals surface area contributed by atoms with E-state index in [9.17, 15) is 8.42 Å². The van der Waals surface area contributed by atoms with Gasteiger partial charge in [0.05, 0.1) is 5.75 Å². The zero-order chi connectivity index (χ0) is 13.0. The molecule has 0 aromatic rings. The van der Waals surface area contributed by atoms with Crippen molar-refractivity contribution in [3.63, 3.8) is 0 Å². The number of nitrogens with one attached hydrogen (secondary N) is 2. The molecule has 1 unspecified atom stereocenters. The van der Waals surface area contributed by atoms with Crippen LogP contribution in [-0.4, -0.2) is 32.8 Å². The summed E-state index contributed by atoms with van der Waals surface area (Å²) in [5, 5.41) is 3.30. The van der Waals surface area contributed by atoms with Crippen molar-refractivity contribution >= 4 is 10.0 Å². The highest BCUT2D eigenvalue weighted by Gasteiger charge is 2.25. The second-order valence-corrected chi connectivity index (χ2v) is 7.80. The second-order valence-electron chi connectivity index (χ2n) is 6.00. The number of piperidine rings is 1. The summed E-state index contributed by atoms with van der Waals surface area (Å²) in [6, 6.07) is 0.327. The number of hydrogen-bond donors (Lipinski definition) is 2. The highest BCUT2D eigenvalue weighted by molar-refractivity contribution is 7.89. The molecule has 2 rings (SSSR count). The topological polar surface area (TPSA) is 58.2 Å². The molecule has 106 valence electrons. The third-order valence-electron chi connectivity index (χ3n) is 4.20. The third kappa shape index (κ3) is 4.52. The van der Waals surface area contributed by atoms with E-state index in [-0.39, 0.29) is 17.8 Å². The maximum absolute atomic E-state index is 12.1. The molecule has 0 bridgehead atoms. The number of sulfonamides is 1. The highest BCUT2D eigenvalue weighted by atomic mass is 32.2. The van der Waals surface area contributed by atoms with Crippen molar-refractivity contribution in [2.45, 2.75) is 64.0 Å². The number of hydrogen-bond acceptors (Lipinski definition) is 3. The van der Waals surface area contributed by atoms with Gasteiger partial charge >= 0.3 is 0 Å². The van der Waals surface area contributed by atoms with Crippen molar-refractivity contribution in [2.24, 2.45) is 5.92 Å². The van der Waals surface area contributed by atoms with Crippen molar-refractivity contribution in [3.05, 3.63) is 0 Å². The molecule has 0 radical (unpaired) electrons. The fraction of sp³-hybridized carbons (Fsp3) is 1.00. The summed E-state index contributed by atoms with van der Waals surface area (Å²) in [7, 11) is -3.11. The van der Waals surface area contributed by atoms with E-state index in [1.165, 1.54) is 6.42 Å². The van der Waals surface area contributed by atoms with Gasteiger partial charge in [0.25, 0.3) is 0 Å². The Hall–Kier alpha value is -0.130. The van der Waals surface area contributed by atoms with E-state index in [4.69, 9.17) is 0 Å². The Bertz CT molecular complexity index is 342. The molecule has 2 N–H and O–H groups in total.